The number of hydrogen-bond donors (Lipinski definition) is 0. The van der Waals surface area contributed by atoms with E-state index in [9.17, 15) is 4.79 Å². The second-order valence-corrected chi connectivity index (χ2v) is 28.3. The zero-order chi connectivity index (χ0) is 35.6. The van der Waals surface area contributed by atoms with Gasteiger partial charge < -0.3 is 28.7 Å². The minimum absolute atomic E-state index is 0.125. The molecule has 0 aliphatic carbocycles. The molecule has 0 N–H and O–H groups in total. The number of anilines is 1. The maximum absolute atomic E-state index is 13.3. The van der Waals surface area contributed by atoms with Gasteiger partial charge in [0.25, 0.3) is 0 Å². The Morgan fingerprint density at radius 3 is 2.12 bits per heavy atom. The molecule has 11 nitrogen and oxygen atoms in total. The van der Waals surface area contributed by atoms with Gasteiger partial charge in [0.15, 0.2) is 5.65 Å². The monoisotopic (exact) mass is 710 g/mol. The number of carbonyl (C=O) groups is 1. The highest BCUT2D eigenvalue weighted by molar-refractivity contribution is 6.76. The van der Waals surface area contributed by atoms with Crippen LogP contribution in [0.25, 0.3) is 16.8 Å². The molecule has 1 unspecified atom stereocenters. The highest BCUT2D eigenvalue weighted by atomic mass is 28.3. The number of piperidine rings is 1. The van der Waals surface area contributed by atoms with E-state index in [0.717, 1.165) is 66.1 Å². The maximum Gasteiger partial charge on any atom is 0.410 e. The Bertz CT molecular complexity index is 1540. The quantitative estimate of drug-likeness (QED) is 0.0939. The van der Waals surface area contributed by atoms with Crippen LogP contribution in [0, 0.1) is 0 Å². The first-order valence-corrected chi connectivity index (χ1v) is 25.2. The lowest BCUT2D eigenvalue weighted by Crippen LogP contribution is -2.48. The molecule has 2 fully saturated rings. The van der Waals surface area contributed by atoms with Gasteiger partial charge in [-0.2, -0.15) is 9.61 Å². The molecule has 5 heterocycles. The first kappa shape index (κ1) is 37.3. The van der Waals surface area contributed by atoms with E-state index in [0.29, 0.717) is 32.6 Å². The molecule has 3 aromatic heterocycles. The van der Waals surface area contributed by atoms with Gasteiger partial charge in [0.1, 0.15) is 24.9 Å². The molecule has 5 rings (SSSR count). The van der Waals surface area contributed by atoms with Gasteiger partial charge >= 0.3 is 6.09 Å². The van der Waals surface area contributed by atoms with Crippen LogP contribution in [0.5, 0.6) is 5.88 Å². The number of hydrogen-bond acceptors (Lipinski definition) is 9. The van der Waals surface area contributed by atoms with E-state index in [4.69, 9.17) is 29.0 Å². The molecule has 2 aliphatic heterocycles. The summed E-state index contributed by atoms with van der Waals surface area (Å²) < 4.78 is 25.9. The number of nitrogens with zero attached hydrogens (tertiary/aromatic N) is 6. The van der Waals surface area contributed by atoms with Gasteiger partial charge in [0, 0.05) is 77.0 Å². The van der Waals surface area contributed by atoms with Crippen molar-refractivity contribution < 1.29 is 23.7 Å². The highest BCUT2D eigenvalue weighted by Crippen LogP contribution is 2.44. The van der Waals surface area contributed by atoms with E-state index in [-0.39, 0.29) is 24.1 Å². The smallest absolute Gasteiger partial charge is 0.410 e. The summed E-state index contributed by atoms with van der Waals surface area (Å²) >= 11 is 0. The largest absolute Gasteiger partial charge is 0.481 e. The van der Waals surface area contributed by atoms with Crippen molar-refractivity contribution in [3.8, 4) is 17.0 Å². The molecule has 2 bridgehead atoms. The Hall–Kier alpha value is -3.01. The van der Waals surface area contributed by atoms with Crippen molar-refractivity contribution >= 4 is 33.7 Å². The van der Waals surface area contributed by atoms with Gasteiger partial charge in [-0.15, -0.1) is 0 Å². The summed E-state index contributed by atoms with van der Waals surface area (Å²) in [6, 6.07) is 8.48. The van der Waals surface area contributed by atoms with E-state index < -0.39 is 21.7 Å². The molecule has 0 aromatic carbocycles. The van der Waals surface area contributed by atoms with Crippen LogP contribution in [0.1, 0.15) is 58.1 Å². The van der Waals surface area contributed by atoms with Crippen molar-refractivity contribution in [1.29, 1.82) is 0 Å². The maximum atomic E-state index is 13.3. The second kappa shape index (κ2) is 15.1. The predicted octanol–water partition coefficient (Wildman–Crippen LogP) is 7.88. The summed E-state index contributed by atoms with van der Waals surface area (Å²) in [5.41, 5.74) is 3.07. The standard InChI is InChI=1S/C36H58N6O5Si2/c1-36(2,3)47-35(43)41-28-11-12-29(41)20-27(19-28)31-22-33(40(24-45-15-17-48(5,6)7)25-46-16-18-49(8,9)10)42-34(39-31)30(23-38-42)26-13-14-37-32(21-26)44-4/h13-14,21-23,27-29H,11-12,15-20,24-25H2,1-10H3/t27?,28-,29+. The minimum atomic E-state index is -1.26. The molecule has 0 radical (unpaired) electrons. The van der Waals surface area contributed by atoms with E-state index >= 15 is 0 Å². The highest BCUT2D eigenvalue weighted by Gasteiger charge is 2.45. The third kappa shape index (κ3) is 9.83. The topological polar surface area (TPSA) is 104 Å². The SMILES string of the molecule is COc1cc(-c2cnn3c(N(COCC[Si](C)(C)C)COCC[Si](C)(C)C)cc(C4C[C@H]5CC[C@@H](C4)N5C(=O)OC(C)(C)C)nc23)ccn1. The Balaban J connectivity index is 1.52. The average molecular weight is 711 g/mol. The number of carbonyl (C=O) groups excluding carboxylic acids is 1. The Labute approximate surface area is 294 Å². The van der Waals surface area contributed by atoms with Crippen molar-refractivity contribution in [3.05, 3.63) is 36.3 Å². The number of pyridine rings is 1. The fraction of sp³-hybridized carbons (Fsp3) is 0.667. The minimum Gasteiger partial charge on any atom is -0.481 e. The van der Waals surface area contributed by atoms with Gasteiger partial charge in [-0.05, 0) is 70.2 Å². The van der Waals surface area contributed by atoms with Crippen molar-refractivity contribution in [2.45, 2.75) is 121 Å². The molecule has 3 aromatic rings. The van der Waals surface area contributed by atoms with Crippen molar-refractivity contribution in [2.75, 3.05) is 38.7 Å². The molecule has 2 aliphatic rings. The number of fused-ring (bicyclic) bond motifs is 3. The van der Waals surface area contributed by atoms with Gasteiger partial charge in [0.05, 0.1) is 13.3 Å². The zero-order valence-electron chi connectivity index (χ0n) is 31.4. The normalized spacial score (nSPS) is 19.8. The lowest BCUT2D eigenvalue weighted by Gasteiger charge is -2.39. The summed E-state index contributed by atoms with van der Waals surface area (Å²) in [5, 5.41) is 4.89. The van der Waals surface area contributed by atoms with E-state index in [1.165, 1.54) is 0 Å². The Morgan fingerprint density at radius 1 is 0.959 bits per heavy atom. The fourth-order valence-corrected chi connectivity index (χ4v) is 8.11. The van der Waals surface area contributed by atoms with Gasteiger partial charge in [-0.1, -0.05) is 39.3 Å². The van der Waals surface area contributed by atoms with Crippen molar-refractivity contribution in [1.82, 2.24) is 24.5 Å². The number of amides is 1. The van der Waals surface area contributed by atoms with E-state index in [2.05, 4.69) is 55.2 Å². The molecule has 2 saturated heterocycles. The molecule has 270 valence electrons. The number of ether oxygens (including phenoxy) is 4. The lowest BCUT2D eigenvalue weighted by atomic mass is 9.88. The van der Waals surface area contributed by atoms with Crippen molar-refractivity contribution in [2.24, 2.45) is 0 Å². The zero-order valence-corrected chi connectivity index (χ0v) is 33.4. The van der Waals surface area contributed by atoms with Crippen molar-refractivity contribution in [3.63, 3.8) is 0 Å². The molecule has 0 spiro atoms. The molecular formula is C36H58N6O5Si2. The summed E-state index contributed by atoms with van der Waals surface area (Å²) in [7, 11) is -0.903. The number of rotatable bonds is 14. The van der Waals surface area contributed by atoms with Crippen LogP contribution in [0.15, 0.2) is 30.6 Å². The molecule has 49 heavy (non-hydrogen) atoms. The number of methoxy groups -OCH3 is 1. The third-order valence-corrected chi connectivity index (χ3v) is 12.7. The summed E-state index contributed by atoms with van der Waals surface area (Å²) in [6.45, 7) is 22.2. The number of aromatic nitrogens is 4. The average Bonchev–Trinajstić information content (AvgIpc) is 3.56. The van der Waals surface area contributed by atoms with Crippen LogP contribution in [0.3, 0.4) is 0 Å². The molecular weight excluding hydrogens is 653 g/mol. The Kier molecular flexibility index (Phi) is 11.5. The first-order chi connectivity index (χ1) is 23.0. The van der Waals surface area contributed by atoms with Gasteiger partial charge in [0.2, 0.25) is 5.88 Å². The summed E-state index contributed by atoms with van der Waals surface area (Å²) in [4.78, 5) is 27.1. The van der Waals surface area contributed by atoms with E-state index in [1.807, 2.05) is 48.5 Å². The van der Waals surface area contributed by atoms with Crippen LogP contribution < -0.4 is 9.64 Å². The Morgan fingerprint density at radius 2 is 1.57 bits per heavy atom. The molecule has 13 heteroatoms. The van der Waals surface area contributed by atoms with Gasteiger partial charge in [-0.25, -0.2) is 14.8 Å². The molecule has 0 saturated carbocycles. The van der Waals surface area contributed by atoms with Crippen LogP contribution >= 0.6 is 0 Å². The summed E-state index contributed by atoms with van der Waals surface area (Å²) in [6.07, 6.45) is 7.05. The molecule has 1 amide bonds. The fourth-order valence-electron chi connectivity index (χ4n) is 6.60. The first-order valence-electron chi connectivity index (χ1n) is 17.8. The second-order valence-electron chi connectivity index (χ2n) is 17.1. The summed E-state index contributed by atoms with van der Waals surface area (Å²) in [5.74, 6) is 1.60. The third-order valence-electron chi connectivity index (χ3n) is 9.29. The van der Waals surface area contributed by atoms with Crippen LogP contribution in [-0.2, 0) is 14.2 Å². The molecule has 3 atom stereocenters. The van der Waals surface area contributed by atoms with E-state index in [1.54, 1.807) is 13.3 Å². The lowest BCUT2D eigenvalue weighted by molar-refractivity contribution is 0.00569. The van der Waals surface area contributed by atoms with Crippen LogP contribution in [0.2, 0.25) is 51.4 Å². The van der Waals surface area contributed by atoms with Gasteiger partial charge in [-0.3, -0.25) is 0 Å². The van der Waals surface area contributed by atoms with Crippen LogP contribution in [0.4, 0.5) is 10.6 Å². The van der Waals surface area contributed by atoms with Crippen LogP contribution in [-0.4, -0.2) is 98.2 Å². The predicted molar refractivity (Wildman–Crippen MR) is 200 cm³/mol.